The molecule has 3 aromatic rings. The van der Waals surface area contributed by atoms with Gasteiger partial charge in [-0.15, -0.1) is 16.7 Å². The third-order valence-corrected chi connectivity index (χ3v) is 3.69. The second-order valence-corrected chi connectivity index (χ2v) is 5.37. The first-order valence-electron chi connectivity index (χ1n) is 6.95. The van der Waals surface area contributed by atoms with Gasteiger partial charge in [0, 0.05) is 11.6 Å². The first-order chi connectivity index (χ1) is 11.8. The number of nitrogens with zero attached hydrogens (tertiary/aromatic N) is 3. The van der Waals surface area contributed by atoms with Crippen LogP contribution >= 0.6 is 11.6 Å². The molecule has 0 fully saturated rings. The minimum Gasteiger partial charge on any atom is -0.212 e. The van der Waals surface area contributed by atoms with E-state index in [2.05, 4.69) is 10.3 Å². The van der Waals surface area contributed by atoms with Crippen LogP contribution in [0.5, 0.6) is 0 Å². The topological polar surface area (TPSA) is 30.7 Å². The van der Waals surface area contributed by atoms with E-state index >= 15 is 0 Å². The Kier molecular flexibility index (Phi) is 4.47. The molecule has 0 aliphatic heterocycles. The monoisotopic (exact) mass is 373 g/mol. The van der Waals surface area contributed by atoms with Crippen molar-refractivity contribution >= 4 is 11.6 Å². The van der Waals surface area contributed by atoms with Gasteiger partial charge in [-0.05, 0) is 24.3 Å². The molecule has 0 N–H and O–H groups in total. The summed E-state index contributed by atoms with van der Waals surface area (Å²) in [5.74, 6) is -1.96. The molecule has 3 nitrogen and oxygen atoms in total. The van der Waals surface area contributed by atoms with Crippen LogP contribution in [0.3, 0.4) is 0 Å². The Morgan fingerprint density at radius 3 is 2.24 bits per heavy atom. The molecule has 2 aromatic carbocycles. The van der Waals surface area contributed by atoms with E-state index in [1.165, 1.54) is 18.2 Å². The molecular weight excluding hydrogens is 365 g/mol. The molecule has 25 heavy (non-hydrogen) atoms. The molecule has 0 unspecified atom stereocenters. The standard InChI is InChI=1S/C16H9ClF5N3/c17-8-13-15(9-5-10(18)7-11(19)6-9)25(24-23-13)14-4-2-1-3-12(14)16(20,21)22/h1-7H,8H2. The van der Waals surface area contributed by atoms with Crippen LogP contribution in [0.15, 0.2) is 42.5 Å². The molecule has 0 saturated carbocycles. The largest absolute Gasteiger partial charge is 0.418 e. The van der Waals surface area contributed by atoms with E-state index < -0.39 is 23.4 Å². The van der Waals surface area contributed by atoms with Gasteiger partial charge in [-0.3, -0.25) is 0 Å². The van der Waals surface area contributed by atoms with Crippen LogP contribution in [0.25, 0.3) is 16.9 Å². The molecule has 0 aliphatic rings. The Balaban J connectivity index is 2.29. The van der Waals surface area contributed by atoms with Crippen LogP contribution in [0, 0.1) is 11.6 Å². The summed E-state index contributed by atoms with van der Waals surface area (Å²) in [7, 11) is 0. The van der Waals surface area contributed by atoms with Gasteiger partial charge in [0.1, 0.15) is 17.3 Å². The van der Waals surface area contributed by atoms with Gasteiger partial charge < -0.3 is 0 Å². The van der Waals surface area contributed by atoms with Gasteiger partial charge in [0.15, 0.2) is 0 Å². The van der Waals surface area contributed by atoms with Crippen molar-refractivity contribution in [3.8, 4) is 16.9 Å². The minimum absolute atomic E-state index is 0.00917. The number of hydrogen-bond acceptors (Lipinski definition) is 2. The summed E-state index contributed by atoms with van der Waals surface area (Å²) in [5.41, 5.74) is -1.21. The number of benzene rings is 2. The Hall–Kier alpha value is -2.48. The molecule has 3 rings (SSSR count). The Morgan fingerprint density at radius 2 is 1.64 bits per heavy atom. The van der Waals surface area contributed by atoms with Gasteiger partial charge in [0.05, 0.1) is 22.8 Å². The first-order valence-corrected chi connectivity index (χ1v) is 7.48. The molecular formula is C16H9ClF5N3. The summed E-state index contributed by atoms with van der Waals surface area (Å²) < 4.78 is 67.8. The minimum atomic E-state index is -4.64. The van der Waals surface area contributed by atoms with Gasteiger partial charge in [-0.25, -0.2) is 13.5 Å². The molecule has 1 heterocycles. The van der Waals surface area contributed by atoms with Crippen molar-refractivity contribution < 1.29 is 22.0 Å². The normalized spacial score (nSPS) is 11.8. The van der Waals surface area contributed by atoms with Crippen molar-refractivity contribution in [2.45, 2.75) is 12.1 Å². The predicted octanol–water partition coefficient (Wildman–Crippen LogP) is 4.97. The zero-order chi connectivity index (χ0) is 18.2. The Labute approximate surface area is 143 Å². The van der Waals surface area contributed by atoms with Gasteiger partial charge >= 0.3 is 6.18 Å². The highest BCUT2D eigenvalue weighted by atomic mass is 35.5. The molecule has 0 amide bonds. The average Bonchev–Trinajstić information content (AvgIpc) is 2.97. The maximum atomic E-state index is 13.6. The maximum Gasteiger partial charge on any atom is 0.418 e. The number of alkyl halides is 4. The fourth-order valence-electron chi connectivity index (χ4n) is 2.45. The first kappa shape index (κ1) is 17.3. The van der Waals surface area contributed by atoms with Crippen molar-refractivity contribution in [3.63, 3.8) is 0 Å². The van der Waals surface area contributed by atoms with Crippen LogP contribution < -0.4 is 0 Å². The quantitative estimate of drug-likeness (QED) is 0.479. The van der Waals surface area contributed by atoms with E-state index in [1.54, 1.807) is 0 Å². The van der Waals surface area contributed by atoms with Crippen molar-refractivity contribution in [2.24, 2.45) is 0 Å². The zero-order valence-electron chi connectivity index (χ0n) is 12.4. The highest BCUT2D eigenvalue weighted by molar-refractivity contribution is 6.17. The summed E-state index contributed by atoms with van der Waals surface area (Å²) in [6.45, 7) is 0. The van der Waals surface area contributed by atoms with Crippen molar-refractivity contribution in [2.75, 3.05) is 0 Å². The number of halogens is 6. The lowest BCUT2D eigenvalue weighted by atomic mass is 10.1. The van der Waals surface area contributed by atoms with E-state index in [0.717, 1.165) is 22.9 Å². The number of aromatic nitrogens is 3. The molecule has 0 saturated heterocycles. The van der Waals surface area contributed by atoms with E-state index in [-0.39, 0.29) is 28.5 Å². The van der Waals surface area contributed by atoms with Crippen LogP contribution in [-0.2, 0) is 12.1 Å². The third-order valence-electron chi connectivity index (χ3n) is 3.44. The summed E-state index contributed by atoms with van der Waals surface area (Å²) in [5, 5.41) is 7.44. The third kappa shape index (κ3) is 3.34. The van der Waals surface area contributed by atoms with Crippen molar-refractivity contribution in [3.05, 3.63) is 65.4 Å². The van der Waals surface area contributed by atoms with Crippen LogP contribution in [0.1, 0.15) is 11.3 Å². The van der Waals surface area contributed by atoms with E-state index in [0.29, 0.717) is 6.07 Å². The van der Waals surface area contributed by atoms with Gasteiger partial charge in [-0.1, -0.05) is 17.3 Å². The number of rotatable bonds is 3. The van der Waals surface area contributed by atoms with Crippen LogP contribution in [0.2, 0.25) is 0 Å². The predicted molar refractivity (Wildman–Crippen MR) is 81.3 cm³/mol. The van der Waals surface area contributed by atoms with Crippen molar-refractivity contribution in [1.29, 1.82) is 0 Å². The van der Waals surface area contributed by atoms with Crippen LogP contribution in [-0.4, -0.2) is 15.0 Å². The SMILES string of the molecule is Fc1cc(F)cc(-c2c(CCl)nnn2-c2ccccc2C(F)(F)F)c1. The molecule has 0 radical (unpaired) electrons. The molecule has 0 spiro atoms. The zero-order valence-corrected chi connectivity index (χ0v) is 13.1. The lowest BCUT2D eigenvalue weighted by Gasteiger charge is -2.14. The van der Waals surface area contributed by atoms with Crippen LogP contribution in [0.4, 0.5) is 22.0 Å². The Morgan fingerprint density at radius 1 is 1.00 bits per heavy atom. The lowest BCUT2D eigenvalue weighted by molar-refractivity contribution is -0.137. The van der Waals surface area contributed by atoms with Gasteiger partial charge in [-0.2, -0.15) is 13.2 Å². The molecule has 1 aromatic heterocycles. The fourth-order valence-corrected chi connectivity index (χ4v) is 2.63. The fraction of sp³-hybridized carbons (Fsp3) is 0.125. The summed E-state index contributed by atoms with van der Waals surface area (Å²) >= 11 is 5.77. The molecule has 0 bridgehead atoms. The lowest BCUT2D eigenvalue weighted by Crippen LogP contribution is -2.12. The summed E-state index contributed by atoms with van der Waals surface area (Å²) in [4.78, 5) is 0. The van der Waals surface area contributed by atoms with E-state index in [4.69, 9.17) is 11.6 Å². The molecule has 0 aliphatic carbocycles. The highest BCUT2D eigenvalue weighted by Gasteiger charge is 2.35. The maximum absolute atomic E-state index is 13.6. The highest BCUT2D eigenvalue weighted by Crippen LogP contribution is 2.36. The number of hydrogen-bond donors (Lipinski definition) is 0. The molecule has 0 atom stereocenters. The Bertz CT molecular complexity index is 900. The smallest absolute Gasteiger partial charge is 0.212 e. The van der Waals surface area contributed by atoms with Crippen molar-refractivity contribution in [1.82, 2.24) is 15.0 Å². The summed E-state index contributed by atoms with van der Waals surface area (Å²) in [6.07, 6.45) is -4.64. The second-order valence-electron chi connectivity index (χ2n) is 5.10. The second kappa shape index (κ2) is 6.44. The van der Waals surface area contributed by atoms with Gasteiger partial charge in [0.2, 0.25) is 0 Å². The average molecular weight is 374 g/mol. The van der Waals surface area contributed by atoms with Gasteiger partial charge in [0.25, 0.3) is 0 Å². The van der Waals surface area contributed by atoms with E-state index in [9.17, 15) is 22.0 Å². The summed E-state index contributed by atoms with van der Waals surface area (Å²) in [6, 6.07) is 7.30. The molecule has 9 heteroatoms. The number of para-hydroxylation sites is 1. The van der Waals surface area contributed by atoms with E-state index in [1.807, 2.05) is 0 Å². The molecule has 130 valence electrons.